The smallest absolute Gasteiger partial charge is 0.337 e. The Morgan fingerprint density at radius 1 is 1.29 bits per heavy atom. The Labute approximate surface area is 127 Å². The molecule has 0 amide bonds. The minimum atomic E-state index is -0.362. The third-order valence-electron chi connectivity index (χ3n) is 2.95. The zero-order chi connectivity index (χ0) is 15.2. The summed E-state index contributed by atoms with van der Waals surface area (Å²) >= 11 is 6.07. The van der Waals surface area contributed by atoms with Crippen molar-refractivity contribution in [3.63, 3.8) is 0 Å². The van der Waals surface area contributed by atoms with Crippen molar-refractivity contribution in [3.8, 4) is 6.07 Å². The van der Waals surface area contributed by atoms with Crippen LogP contribution in [0.15, 0.2) is 42.5 Å². The van der Waals surface area contributed by atoms with Gasteiger partial charge in [-0.2, -0.15) is 5.26 Å². The predicted molar refractivity (Wildman–Crippen MR) is 81.3 cm³/mol. The highest BCUT2D eigenvalue weighted by Gasteiger charge is 2.05. The van der Waals surface area contributed by atoms with Gasteiger partial charge in [-0.25, -0.2) is 4.79 Å². The second-order valence-corrected chi connectivity index (χ2v) is 4.76. The summed E-state index contributed by atoms with van der Waals surface area (Å²) in [4.78, 5) is 11.3. The van der Waals surface area contributed by atoms with Crippen molar-refractivity contribution in [2.24, 2.45) is 0 Å². The molecular formula is C16H13ClN2O2. The molecule has 0 radical (unpaired) electrons. The number of nitriles is 1. The lowest BCUT2D eigenvalue weighted by Gasteiger charge is -2.09. The number of methoxy groups -OCH3 is 1. The van der Waals surface area contributed by atoms with E-state index in [1.807, 2.05) is 12.1 Å². The lowest BCUT2D eigenvalue weighted by molar-refractivity contribution is 0.0600. The summed E-state index contributed by atoms with van der Waals surface area (Å²) in [7, 11) is 1.35. The average molecular weight is 301 g/mol. The first-order valence-electron chi connectivity index (χ1n) is 6.25. The Hall–Kier alpha value is -2.51. The maximum Gasteiger partial charge on any atom is 0.337 e. The quantitative estimate of drug-likeness (QED) is 0.876. The van der Waals surface area contributed by atoms with Crippen LogP contribution in [-0.2, 0) is 11.3 Å². The highest BCUT2D eigenvalue weighted by Crippen LogP contribution is 2.23. The van der Waals surface area contributed by atoms with Crippen LogP contribution in [0.1, 0.15) is 21.5 Å². The molecule has 1 N–H and O–H groups in total. The minimum absolute atomic E-state index is 0.362. The highest BCUT2D eigenvalue weighted by atomic mass is 35.5. The van der Waals surface area contributed by atoms with Crippen LogP contribution in [0.4, 0.5) is 5.69 Å². The van der Waals surface area contributed by atoms with Crippen LogP contribution in [-0.4, -0.2) is 13.1 Å². The maximum atomic E-state index is 11.3. The van der Waals surface area contributed by atoms with Crippen LogP contribution in [0.3, 0.4) is 0 Å². The molecule has 0 saturated heterocycles. The summed E-state index contributed by atoms with van der Waals surface area (Å²) in [5.74, 6) is -0.362. The molecule has 0 aliphatic carbocycles. The van der Waals surface area contributed by atoms with Gasteiger partial charge >= 0.3 is 5.97 Å². The number of hydrogen-bond donors (Lipinski definition) is 1. The normalized spacial score (nSPS) is 9.76. The standard InChI is InChI=1S/C16H13ClN2O2/c1-21-16(20)13-5-2-11(3-6-13)10-19-15-8-12(9-18)4-7-14(15)17/h2-8,19H,10H2,1H3. The van der Waals surface area contributed by atoms with Crippen LogP contribution in [0.5, 0.6) is 0 Å². The molecule has 2 aromatic rings. The minimum Gasteiger partial charge on any atom is -0.465 e. The largest absolute Gasteiger partial charge is 0.465 e. The molecule has 0 aliphatic heterocycles. The number of ether oxygens (including phenoxy) is 1. The van der Waals surface area contributed by atoms with Gasteiger partial charge in [-0.1, -0.05) is 23.7 Å². The number of hydrogen-bond acceptors (Lipinski definition) is 4. The van der Waals surface area contributed by atoms with Gasteiger partial charge in [-0.15, -0.1) is 0 Å². The van der Waals surface area contributed by atoms with Crippen molar-refractivity contribution >= 4 is 23.3 Å². The Morgan fingerprint density at radius 2 is 2.00 bits per heavy atom. The molecule has 106 valence electrons. The van der Waals surface area contributed by atoms with E-state index in [1.54, 1.807) is 30.3 Å². The van der Waals surface area contributed by atoms with Gasteiger partial charge in [0, 0.05) is 6.54 Å². The Morgan fingerprint density at radius 3 is 2.62 bits per heavy atom. The molecule has 0 saturated carbocycles. The van der Waals surface area contributed by atoms with Crippen LogP contribution >= 0.6 is 11.6 Å². The van der Waals surface area contributed by atoms with Gasteiger partial charge in [0.2, 0.25) is 0 Å². The first kappa shape index (κ1) is 14.9. The van der Waals surface area contributed by atoms with E-state index in [9.17, 15) is 4.79 Å². The highest BCUT2D eigenvalue weighted by molar-refractivity contribution is 6.33. The third kappa shape index (κ3) is 3.74. The van der Waals surface area contributed by atoms with Crippen LogP contribution < -0.4 is 5.32 Å². The number of carbonyl (C=O) groups is 1. The number of benzene rings is 2. The van der Waals surface area contributed by atoms with Crippen molar-refractivity contribution in [1.29, 1.82) is 5.26 Å². The van der Waals surface area contributed by atoms with Gasteiger partial charge < -0.3 is 10.1 Å². The Kier molecular flexibility index (Phi) is 4.81. The first-order valence-corrected chi connectivity index (χ1v) is 6.62. The summed E-state index contributed by atoms with van der Waals surface area (Å²) in [6.45, 7) is 0.538. The van der Waals surface area contributed by atoms with E-state index in [2.05, 4.69) is 16.1 Å². The van der Waals surface area contributed by atoms with Crippen molar-refractivity contribution in [3.05, 3.63) is 64.2 Å². The van der Waals surface area contributed by atoms with Gasteiger partial charge in [0.15, 0.2) is 0 Å². The summed E-state index contributed by atoms with van der Waals surface area (Å²) in [6, 6.07) is 14.2. The van der Waals surface area contributed by atoms with Crippen molar-refractivity contribution in [1.82, 2.24) is 0 Å². The topological polar surface area (TPSA) is 62.1 Å². The number of halogens is 1. The van der Waals surface area contributed by atoms with Crippen molar-refractivity contribution in [2.75, 3.05) is 12.4 Å². The fraction of sp³-hybridized carbons (Fsp3) is 0.125. The average Bonchev–Trinajstić information content (AvgIpc) is 2.54. The lowest BCUT2D eigenvalue weighted by Crippen LogP contribution is -2.03. The van der Waals surface area contributed by atoms with Gasteiger partial charge in [0.25, 0.3) is 0 Å². The van der Waals surface area contributed by atoms with E-state index in [-0.39, 0.29) is 5.97 Å². The second kappa shape index (κ2) is 6.78. The molecule has 4 nitrogen and oxygen atoms in total. The third-order valence-corrected chi connectivity index (χ3v) is 3.28. The summed E-state index contributed by atoms with van der Waals surface area (Å²) < 4.78 is 4.64. The summed E-state index contributed by atoms with van der Waals surface area (Å²) in [5.41, 5.74) is 2.74. The number of nitrogens with zero attached hydrogens (tertiary/aromatic N) is 1. The first-order chi connectivity index (χ1) is 10.1. The molecule has 0 aromatic heterocycles. The molecule has 0 unspecified atom stereocenters. The molecule has 0 aliphatic rings. The van der Waals surface area contributed by atoms with Crippen LogP contribution in [0, 0.1) is 11.3 Å². The van der Waals surface area contributed by atoms with Gasteiger partial charge in [-0.05, 0) is 35.9 Å². The van der Waals surface area contributed by atoms with Gasteiger partial charge in [0.1, 0.15) is 0 Å². The predicted octanol–water partition coefficient (Wildman–Crippen LogP) is 3.61. The fourth-order valence-electron chi connectivity index (χ4n) is 1.80. The molecule has 5 heteroatoms. The number of anilines is 1. The monoisotopic (exact) mass is 300 g/mol. The molecule has 0 heterocycles. The number of esters is 1. The molecule has 2 aromatic carbocycles. The maximum absolute atomic E-state index is 11.3. The molecule has 0 atom stereocenters. The Balaban J connectivity index is 2.06. The van der Waals surface area contributed by atoms with E-state index in [1.165, 1.54) is 7.11 Å². The van der Waals surface area contributed by atoms with E-state index in [0.717, 1.165) is 5.56 Å². The summed E-state index contributed by atoms with van der Waals surface area (Å²) in [5, 5.41) is 12.6. The SMILES string of the molecule is COC(=O)c1ccc(CNc2cc(C#N)ccc2Cl)cc1. The number of rotatable bonds is 4. The van der Waals surface area contributed by atoms with E-state index >= 15 is 0 Å². The zero-order valence-corrected chi connectivity index (χ0v) is 12.1. The molecular weight excluding hydrogens is 288 g/mol. The van der Waals surface area contributed by atoms with Crippen LogP contribution in [0.25, 0.3) is 0 Å². The van der Waals surface area contributed by atoms with E-state index in [0.29, 0.717) is 28.4 Å². The lowest BCUT2D eigenvalue weighted by atomic mass is 10.1. The molecule has 0 fully saturated rings. The number of nitrogens with one attached hydrogen (secondary N) is 1. The second-order valence-electron chi connectivity index (χ2n) is 4.35. The van der Waals surface area contributed by atoms with E-state index in [4.69, 9.17) is 16.9 Å². The van der Waals surface area contributed by atoms with Crippen molar-refractivity contribution in [2.45, 2.75) is 6.54 Å². The summed E-state index contributed by atoms with van der Waals surface area (Å²) in [6.07, 6.45) is 0. The zero-order valence-electron chi connectivity index (χ0n) is 11.4. The molecule has 0 bridgehead atoms. The fourth-order valence-corrected chi connectivity index (χ4v) is 1.99. The Bertz CT molecular complexity index is 690. The molecule has 21 heavy (non-hydrogen) atoms. The number of carbonyl (C=O) groups excluding carboxylic acids is 1. The van der Waals surface area contributed by atoms with Crippen LogP contribution in [0.2, 0.25) is 5.02 Å². The van der Waals surface area contributed by atoms with Crippen molar-refractivity contribution < 1.29 is 9.53 Å². The van der Waals surface area contributed by atoms with Gasteiger partial charge in [-0.3, -0.25) is 0 Å². The molecule has 0 spiro atoms. The van der Waals surface area contributed by atoms with Gasteiger partial charge in [0.05, 0.1) is 35.0 Å². The van der Waals surface area contributed by atoms with E-state index < -0.39 is 0 Å². The molecule has 2 rings (SSSR count).